The molecule has 1 unspecified atom stereocenters. The van der Waals surface area contributed by atoms with Gasteiger partial charge in [0, 0.05) is 6.54 Å². The van der Waals surface area contributed by atoms with Crippen LogP contribution in [0.5, 0.6) is 0 Å². The Morgan fingerprint density at radius 1 is 1.37 bits per heavy atom. The summed E-state index contributed by atoms with van der Waals surface area (Å²) >= 11 is 0. The maximum atomic E-state index is 13.0. The van der Waals surface area contributed by atoms with Gasteiger partial charge in [-0.2, -0.15) is 0 Å². The number of aliphatic hydroxyl groups excluding tert-OH is 1. The summed E-state index contributed by atoms with van der Waals surface area (Å²) in [5, 5.41) is 21.4. The molecule has 0 radical (unpaired) electrons. The third-order valence-electron chi connectivity index (χ3n) is 2.76. The zero-order valence-electron chi connectivity index (χ0n) is 10.6. The van der Waals surface area contributed by atoms with Crippen LogP contribution >= 0.6 is 0 Å². The number of halogens is 2. The van der Waals surface area contributed by atoms with Crippen LogP contribution in [0.2, 0.25) is 0 Å². The fraction of sp³-hybridized carbons (Fsp3) is 0.462. The number of carboxylic acids is 1. The van der Waals surface area contributed by atoms with Crippen molar-refractivity contribution in [2.75, 3.05) is 6.54 Å². The van der Waals surface area contributed by atoms with Gasteiger partial charge in [0.15, 0.2) is 11.6 Å². The van der Waals surface area contributed by atoms with Crippen LogP contribution in [0.25, 0.3) is 0 Å². The Bertz CT molecular complexity index is 440. The highest BCUT2D eigenvalue weighted by Crippen LogP contribution is 2.16. The Morgan fingerprint density at radius 2 is 2.05 bits per heavy atom. The van der Waals surface area contributed by atoms with Crippen LogP contribution in [-0.2, 0) is 4.79 Å². The lowest BCUT2D eigenvalue weighted by Crippen LogP contribution is -2.38. The van der Waals surface area contributed by atoms with Crippen LogP contribution in [0.4, 0.5) is 8.78 Å². The van der Waals surface area contributed by atoms with E-state index in [1.165, 1.54) is 6.07 Å². The molecule has 0 fully saturated rings. The molecule has 2 atom stereocenters. The summed E-state index contributed by atoms with van der Waals surface area (Å²) in [6.07, 6.45) is 0.0271. The predicted molar refractivity (Wildman–Crippen MR) is 65.7 cm³/mol. The first kappa shape index (κ1) is 15.5. The number of hydrogen-bond acceptors (Lipinski definition) is 3. The van der Waals surface area contributed by atoms with Crippen molar-refractivity contribution in [2.45, 2.75) is 31.9 Å². The zero-order valence-corrected chi connectivity index (χ0v) is 10.6. The summed E-state index contributed by atoms with van der Waals surface area (Å²) in [7, 11) is 0. The average molecular weight is 273 g/mol. The molecule has 6 heteroatoms. The van der Waals surface area contributed by atoms with Crippen LogP contribution in [0, 0.1) is 11.6 Å². The molecule has 0 saturated carbocycles. The van der Waals surface area contributed by atoms with E-state index in [2.05, 4.69) is 5.32 Å². The first-order chi connectivity index (χ1) is 8.95. The summed E-state index contributed by atoms with van der Waals surface area (Å²) in [6, 6.07) is 2.33. The molecule has 0 aromatic heterocycles. The second-order valence-corrected chi connectivity index (χ2v) is 4.28. The molecule has 3 N–H and O–H groups in total. The van der Waals surface area contributed by atoms with E-state index in [9.17, 15) is 18.7 Å². The lowest BCUT2D eigenvalue weighted by molar-refractivity contribution is -0.139. The lowest BCUT2D eigenvalue weighted by Gasteiger charge is -2.17. The molecule has 0 aliphatic heterocycles. The van der Waals surface area contributed by atoms with Gasteiger partial charge in [-0.1, -0.05) is 19.4 Å². The third-order valence-corrected chi connectivity index (χ3v) is 2.76. The molecule has 0 aliphatic carbocycles. The van der Waals surface area contributed by atoms with Crippen LogP contribution in [0.3, 0.4) is 0 Å². The van der Waals surface area contributed by atoms with Gasteiger partial charge in [-0.25, -0.2) is 8.78 Å². The van der Waals surface area contributed by atoms with Crippen molar-refractivity contribution in [2.24, 2.45) is 0 Å². The van der Waals surface area contributed by atoms with Crippen molar-refractivity contribution in [3.8, 4) is 0 Å². The Morgan fingerprint density at radius 3 is 2.58 bits per heavy atom. The van der Waals surface area contributed by atoms with Gasteiger partial charge in [-0.05, 0) is 24.1 Å². The molecule has 0 amide bonds. The van der Waals surface area contributed by atoms with Gasteiger partial charge < -0.3 is 15.5 Å². The second-order valence-electron chi connectivity index (χ2n) is 4.28. The number of aliphatic carboxylic acids is 1. The van der Waals surface area contributed by atoms with Crippen LogP contribution in [-0.4, -0.2) is 28.8 Å². The van der Waals surface area contributed by atoms with Gasteiger partial charge in [-0.3, -0.25) is 4.79 Å². The highest BCUT2D eigenvalue weighted by Gasteiger charge is 2.18. The van der Waals surface area contributed by atoms with Gasteiger partial charge in [0.1, 0.15) is 6.04 Å². The first-order valence-corrected chi connectivity index (χ1v) is 6.05. The Labute approximate surface area is 110 Å². The van der Waals surface area contributed by atoms with E-state index >= 15 is 0 Å². The molecule has 0 bridgehead atoms. The summed E-state index contributed by atoms with van der Waals surface area (Å²) in [5.74, 6) is -3.03. The van der Waals surface area contributed by atoms with Gasteiger partial charge in [0.05, 0.1) is 6.10 Å². The molecule has 1 rings (SSSR count). The van der Waals surface area contributed by atoms with E-state index in [1.807, 2.05) is 6.92 Å². The molecule has 4 nitrogen and oxygen atoms in total. The van der Waals surface area contributed by atoms with Gasteiger partial charge in [-0.15, -0.1) is 0 Å². The van der Waals surface area contributed by atoms with E-state index in [0.717, 1.165) is 12.1 Å². The van der Waals surface area contributed by atoms with Crippen molar-refractivity contribution in [3.63, 3.8) is 0 Å². The number of rotatable bonds is 7. The van der Waals surface area contributed by atoms with Crippen molar-refractivity contribution >= 4 is 5.97 Å². The lowest BCUT2D eigenvalue weighted by atomic mass is 10.1. The van der Waals surface area contributed by atoms with Gasteiger partial charge >= 0.3 is 5.97 Å². The predicted octanol–water partition coefficient (Wildman–Crippen LogP) is 1.84. The van der Waals surface area contributed by atoms with Crippen molar-refractivity contribution in [1.82, 2.24) is 5.32 Å². The third kappa shape index (κ3) is 4.57. The summed E-state index contributed by atoms with van der Waals surface area (Å²) in [4.78, 5) is 10.9. The quantitative estimate of drug-likeness (QED) is 0.709. The maximum Gasteiger partial charge on any atom is 0.320 e. The molecular formula is C13H17F2NO3. The number of hydrogen-bond donors (Lipinski definition) is 3. The summed E-state index contributed by atoms with van der Waals surface area (Å²) < 4.78 is 25.7. The van der Waals surface area contributed by atoms with Crippen molar-refractivity contribution < 1.29 is 23.8 Å². The number of nitrogens with one attached hydrogen (secondary N) is 1. The smallest absolute Gasteiger partial charge is 0.320 e. The van der Waals surface area contributed by atoms with E-state index in [4.69, 9.17) is 5.11 Å². The van der Waals surface area contributed by atoms with E-state index in [-0.39, 0.29) is 12.1 Å². The second kappa shape index (κ2) is 7.16. The highest BCUT2D eigenvalue weighted by atomic mass is 19.2. The molecule has 0 saturated heterocycles. The standard InChI is InChI=1S/C13H17F2NO3/c1-2-3-11(13(18)19)16-7-12(17)8-4-5-9(14)10(15)6-8/h4-6,11-12,16-17H,2-3,7H2,1H3,(H,18,19)/t11-,12?/m0/s1. The minimum Gasteiger partial charge on any atom is -0.480 e. The van der Waals surface area contributed by atoms with Gasteiger partial charge in [0.2, 0.25) is 0 Å². The van der Waals surface area contributed by atoms with Crippen LogP contribution < -0.4 is 5.32 Å². The van der Waals surface area contributed by atoms with Crippen molar-refractivity contribution in [3.05, 3.63) is 35.4 Å². The van der Waals surface area contributed by atoms with Crippen LogP contribution in [0.15, 0.2) is 18.2 Å². The maximum absolute atomic E-state index is 13.0. The summed E-state index contributed by atoms with van der Waals surface area (Å²) in [6.45, 7) is 1.81. The zero-order chi connectivity index (χ0) is 14.4. The topological polar surface area (TPSA) is 69.6 Å². The van der Waals surface area contributed by atoms with E-state index < -0.39 is 29.7 Å². The molecule has 1 aromatic carbocycles. The molecule has 19 heavy (non-hydrogen) atoms. The van der Waals surface area contributed by atoms with Crippen molar-refractivity contribution in [1.29, 1.82) is 0 Å². The van der Waals surface area contributed by atoms with Gasteiger partial charge in [0.25, 0.3) is 0 Å². The molecule has 0 spiro atoms. The fourth-order valence-electron chi connectivity index (χ4n) is 1.69. The Kier molecular flexibility index (Phi) is 5.85. The number of aliphatic hydroxyl groups is 1. The fourth-order valence-corrected chi connectivity index (χ4v) is 1.69. The number of carbonyl (C=O) groups is 1. The Balaban J connectivity index is 2.61. The molecule has 1 aromatic rings. The molecular weight excluding hydrogens is 256 g/mol. The van der Waals surface area contributed by atoms with E-state index in [0.29, 0.717) is 12.8 Å². The largest absolute Gasteiger partial charge is 0.480 e. The van der Waals surface area contributed by atoms with Crippen LogP contribution in [0.1, 0.15) is 31.4 Å². The normalized spacial score (nSPS) is 14.1. The molecule has 0 heterocycles. The Hall–Kier alpha value is -1.53. The highest BCUT2D eigenvalue weighted by molar-refractivity contribution is 5.73. The summed E-state index contributed by atoms with van der Waals surface area (Å²) in [5.41, 5.74) is 0.201. The monoisotopic (exact) mass is 273 g/mol. The average Bonchev–Trinajstić information content (AvgIpc) is 2.37. The SMILES string of the molecule is CCC[C@H](NCC(O)c1ccc(F)c(F)c1)C(=O)O. The number of benzene rings is 1. The molecule has 106 valence electrons. The molecule has 0 aliphatic rings. The number of carboxylic acid groups (broad SMARTS) is 1. The minimum absolute atomic E-state index is 0.0396. The minimum atomic E-state index is -1.09. The first-order valence-electron chi connectivity index (χ1n) is 6.05. The van der Waals surface area contributed by atoms with E-state index in [1.54, 1.807) is 0 Å².